The molecule has 0 heterocycles. The fourth-order valence-electron chi connectivity index (χ4n) is 2.65. The van der Waals surface area contributed by atoms with Gasteiger partial charge in [0.05, 0.1) is 0 Å². The normalized spacial score (nSPS) is 15.2. The van der Waals surface area contributed by atoms with Gasteiger partial charge in [-0.3, -0.25) is 0 Å². The van der Waals surface area contributed by atoms with Gasteiger partial charge in [0.1, 0.15) is 0 Å². The van der Waals surface area contributed by atoms with Crippen LogP contribution in [-0.2, 0) is 0 Å². The van der Waals surface area contributed by atoms with Gasteiger partial charge in [0.25, 0.3) is 0 Å². The molecule has 1 aliphatic rings. The molecule has 18 heavy (non-hydrogen) atoms. The zero-order valence-electron chi connectivity index (χ0n) is 10.4. The van der Waals surface area contributed by atoms with Crippen LogP contribution < -0.4 is 0 Å². The van der Waals surface area contributed by atoms with Crippen molar-refractivity contribution in [1.29, 1.82) is 0 Å². The van der Waals surface area contributed by atoms with Gasteiger partial charge in [0.15, 0.2) is 0 Å². The fourth-order valence-corrected chi connectivity index (χ4v) is 2.65. The Kier molecular flexibility index (Phi) is 2.85. The highest BCUT2D eigenvalue weighted by atomic mass is 14.2. The highest BCUT2D eigenvalue weighted by Crippen LogP contribution is 2.42. The minimum Gasteiger partial charge on any atom is -0.0952 e. The molecule has 0 saturated carbocycles. The van der Waals surface area contributed by atoms with Crippen LogP contribution >= 0.6 is 0 Å². The molecule has 0 nitrogen and oxygen atoms in total. The average molecular weight is 232 g/mol. The Bertz CT molecular complexity index is 588. The van der Waals surface area contributed by atoms with E-state index in [1.807, 2.05) is 0 Å². The van der Waals surface area contributed by atoms with Gasteiger partial charge in [-0.05, 0) is 40.7 Å². The molecular formula is C18H16. The molecule has 0 spiro atoms. The molecule has 0 heteroatoms. The quantitative estimate of drug-likeness (QED) is 0.687. The molecule has 0 aliphatic heterocycles. The van der Waals surface area contributed by atoms with Gasteiger partial charge in [0.2, 0.25) is 0 Å². The van der Waals surface area contributed by atoms with Crippen molar-refractivity contribution in [2.24, 2.45) is 0 Å². The van der Waals surface area contributed by atoms with Crippen LogP contribution in [0, 0.1) is 0 Å². The highest BCUT2D eigenvalue weighted by Gasteiger charge is 2.20. The SMILES string of the molecule is C=C1CCC(c2ccccc2)=C1c1ccccc1. The fraction of sp³-hybridized carbons (Fsp3) is 0.111. The molecule has 88 valence electrons. The van der Waals surface area contributed by atoms with E-state index in [9.17, 15) is 0 Å². The zero-order valence-corrected chi connectivity index (χ0v) is 10.4. The molecule has 0 fully saturated rings. The number of benzene rings is 2. The summed E-state index contributed by atoms with van der Waals surface area (Å²) in [4.78, 5) is 0. The van der Waals surface area contributed by atoms with Crippen LogP contribution in [-0.4, -0.2) is 0 Å². The van der Waals surface area contributed by atoms with Crippen LogP contribution in [0.4, 0.5) is 0 Å². The predicted octanol–water partition coefficient (Wildman–Crippen LogP) is 4.95. The van der Waals surface area contributed by atoms with Crippen molar-refractivity contribution in [3.63, 3.8) is 0 Å². The van der Waals surface area contributed by atoms with E-state index in [-0.39, 0.29) is 0 Å². The van der Waals surface area contributed by atoms with Gasteiger partial charge in [-0.1, -0.05) is 67.2 Å². The minimum absolute atomic E-state index is 1.08. The summed E-state index contributed by atoms with van der Waals surface area (Å²) in [5, 5.41) is 0. The summed E-state index contributed by atoms with van der Waals surface area (Å²) in [6.07, 6.45) is 2.18. The minimum atomic E-state index is 1.08. The first-order valence-electron chi connectivity index (χ1n) is 6.38. The van der Waals surface area contributed by atoms with Gasteiger partial charge >= 0.3 is 0 Å². The Morgan fingerprint density at radius 1 is 0.667 bits per heavy atom. The molecule has 0 unspecified atom stereocenters. The van der Waals surface area contributed by atoms with E-state index in [1.165, 1.54) is 27.8 Å². The van der Waals surface area contributed by atoms with Crippen LogP contribution in [0.2, 0.25) is 0 Å². The van der Waals surface area contributed by atoms with Gasteiger partial charge in [-0.25, -0.2) is 0 Å². The third kappa shape index (κ3) is 1.91. The molecule has 0 amide bonds. The molecule has 0 radical (unpaired) electrons. The Labute approximate surface area is 108 Å². The summed E-state index contributed by atoms with van der Waals surface area (Å²) in [6.45, 7) is 4.23. The van der Waals surface area contributed by atoms with E-state index in [0.717, 1.165) is 12.8 Å². The molecule has 1 aliphatic carbocycles. The van der Waals surface area contributed by atoms with Crippen LogP contribution in [0.25, 0.3) is 11.1 Å². The van der Waals surface area contributed by atoms with Crippen molar-refractivity contribution in [2.75, 3.05) is 0 Å². The van der Waals surface area contributed by atoms with E-state index < -0.39 is 0 Å². The number of allylic oxidation sites excluding steroid dienone is 3. The summed E-state index contributed by atoms with van der Waals surface area (Å²) in [5.74, 6) is 0. The number of hydrogen-bond acceptors (Lipinski definition) is 0. The van der Waals surface area contributed by atoms with Crippen molar-refractivity contribution in [1.82, 2.24) is 0 Å². The van der Waals surface area contributed by atoms with E-state index >= 15 is 0 Å². The van der Waals surface area contributed by atoms with Crippen LogP contribution in [0.5, 0.6) is 0 Å². The topological polar surface area (TPSA) is 0 Å². The molecule has 0 saturated heterocycles. The van der Waals surface area contributed by atoms with E-state index in [1.54, 1.807) is 0 Å². The molecule has 2 aromatic rings. The number of hydrogen-bond donors (Lipinski definition) is 0. The Balaban J connectivity index is 2.16. The first kappa shape index (κ1) is 11.0. The molecular weight excluding hydrogens is 216 g/mol. The summed E-state index contributed by atoms with van der Waals surface area (Å²) in [6, 6.07) is 21.3. The summed E-state index contributed by atoms with van der Waals surface area (Å²) < 4.78 is 0. The van der Waals surface area contributed by atoms with Gasteiger partial charge in [-0.15, -0.1) is 0 Å². The van der Waals surface area contributed by atoms with Crippen molar-refractivity contribution in [3.05, 3.63) is 83.9 Å². The Morgan fingerprint density at radius 2 is 1.22 bits per heavy atom. The molecule has 3 rings (SSSR count). The van der Waals surface area contributed by atoms with Crippen molar-refractivity contribution in [2.45, 2.75) is 12.8 Å². The van der Waals surface area contributed by atoms with Gasteiger partial charge in [0, 0.05) is 0 Å². The highest BCUT2D eigenvalue weighted by molar-refractivity contribution is 6.00. The maximum absolute atomic E-state index is 4.23. The second-order valence-corrected chi connectivity index (χ2v) is 4.69. The smallest absolute Gasteiger partial charge is 0.0120 e. The lowest BCUT2D eigenvalue weighted by atomic mass is 9.96. The monoisotopic (exact) mass is 232 g/mol. The largest absolute Gasteiger partial charge is 0.0952 e. The lowest BCUT2D eigenvalue weighted by Crippen LogP contribution is -1.86. The maximum Gasteiger partial charge on any atom is -0.0120 e. The lowest BCUT2D eigenvalue weighted by Gasteiger charge is -2.09. The second-order valence-electron chi connectivity index (χ2n) is 4.69. The first-order chi connectivity index (χ1) is 8.86. The molecule has 0 bridgehead atoms. The van der Waals surface area contributed by atoms with E-state index in [0.29, 0.717) is 0 Å². The number of rotatable bonds is 2. The van der Waals surface area contributed by atoms with Crippen molar-refractivity contribution in [3.8, 4) is 0 Å². The Morgan fingerprint density at radius 3 is 1.83 bits per heavy atom. The lowest BCUT2D eigenvalue weighted by molar-refractivity contribution is 1.08. The standard InChI is InChI=1S/C18H16/c1-14-12-13-17(15-8-4-2-5-9-15)18(14)16-10-6-3-7-11-16/h2-11H,1,12-13H2. The van der Waals surface area contributed by atoms with Crippen LogP contribution in [0.3, 0.4) is 0 Å². The summed E-state index contributed by atoms with van der Waals surface area (Å²) in [5.41, 5.74) is 6.67. The average Bonchev–Trinajstić information content (AvgIpc) is 2.83. The zero-order chi connectivity index (χ0) is 12.4. The summed E-state index contributed by atoms with van der Waals surface area (Å²) >= 11 is 0. The summed E-state index contributed by atoms with van der Waals surface area (Å²) in [7, 11) is 0. The maximum atomic E-state index is 4.23. The van der Waals surface area contributed by atoms with Crippen molar-refractivity contribution >= 4 is 11.1 Å². The third-order valence-corrected chi connectivity index (χ3v) is 3.52. The van der Waals surface area contributed by atoms with Gasteiger partial charge < -0.3 is 0 Å². The van der Waals surface area contributed by atoms with Crippen LogP contribution in [0.15, 0.2) is 72.8 Å². The first-order valence-corrected chi connectivity index (χ1v) is 6.38. The molecule has 0 N–H and O–H groups in total. The van der Waals surface area contributed by atoms with Crippen LogP contribution in [0.1, 0.15) is 24.0 Å². The second kappa shape index (κ2) is 4.66. The molecule has 0 atom stereocenters. The Hall–Kier alpha value is -2.08. The van der Waals surface area contributed by atoms with Gasteiger partial charge in [-0.2, -0.15) is 0 Å². The molecule has 2 aromatic carbocycles. The third-order valence-electron chi connectivity index (χ3n) is 3.52. The van der Waals surface area contributed by atoms with E-state index in [4.69, 9.17) is 0 Å². The predicted molar refractivity (Wildman–Crippen MR) is 78.1 cm³/mol. The molecule has 0 aromatic heterocycles. The van der Waals surface area contributed by atoms with E-state index in [2.05, 4.69) is 67.2 Å². The van der Waals surface area contributed by atoms with Crippen molar-refractivity contribution < 1.29 is 0 Å².